The summed E-state index contributed by atoms with van der Waals surface area (Å²) in [6.07, 6.45) is 5.59. The van der Waals surface area contributed by atoms with Crippen molar-refractivity contribution >= 4 is 29.4 Å². The number of nitrogens with zero attached hydrogens (tertiary/aromatic N) is 1. The van der Waals surface area contributed by atoms with E-state index >= 15 is 0 Å². The van der Waals surface area contributed by atoms with Gasteiger partial charge >= 0.3 is 5.97 Å². The van der Waals surface area contributed by atoms with Crippen LogP contribution in [0.5, 0.6) is 5.75 Å². The number of rotatable bonds is 5. The molecule has 2 amide bonds. The molecule has 7 rings (SSSR count). The molecule has 0 unspecified atom stereocenters. The van der Waals surface area contributed by atoms with E-state index in [1.807, 2.05) is 44.2 Å². The number of likely N-dealkylation sites (tertiary alicyclic amines) is 1. The van der Waals surface area contributed by atoms with Crippen molar-refractivity contribution in [1.29, 1.82) is 0 Å². The van der Waals surface area contributed by atoms with Crippen molar-refractivity contribution in [3.8, 4) is 5.75 Å². The number of aryl methyl sites for hydroxylation is 2. The molecular weight excluding hydrogens is 450 g/mol. The molecule has 1 heterocycles. The van der Waals surface area contributed by atoms with Crippen LogP contribution in [0.4, 0.5) is 0 Å². The number of halogens is 1. The summed E-state index contributed by atoms with van der Waals surface area (Å²) in [4.78, 5) is 42.2. The summed E-state index contributed by atoms with van der Waals surface area (Å²) in [6.45, 7) is 3.70. The van der Waals surface area contributed by atoms with Crippen LogP contribution in [-0.4, -0.2) is 28.7 Å². The van der Waals surface area contributed by atoms with Crippen LogP contribution in [0.25, 0.3) is 0 Å². The van der Waals surface area contributed by atoms with Gasteiger partial charge in [0.15, 0.2) is 0 Å². The average molecular weight is 476 g/mol. The minimum atomic E-state index is -1.01. The molecular formula is C28H26ClNO4. The number of hydrogen-bond acceptors (Lipinski definition) is 4. The second kappa shape index (κ2) is 7.81. The number of ether oxygens (including phenoxy) is 1. The number of amides is 2. The lowest BCUT2D eigenvalue weighted by Crippen LogP contribution is -2.48. The van der Waals surface area contributed by atoms with E-state index in [0.29, 0.717) is 22.6 Å². The number of benzene rings is 2. The van der Waals surface area contributed by atoms with Crippen molar-refractivity contribution in [3.05, 3.63) is 76.3 Å². The third kappa shape index (κ3) is 3.24. The predicted molar refractivity (Wildman–Crippen MR) is 127 cm³/mol. The Labute approximate surface area is 203 Å². The summed E-state index contributed by atoms with van der Waals surface area (Å²) < 4.78 is 5.77. The van der Waals surface area contributed by atoms with Gasteiger partial charge in [-0.05, 0) is 72.8 Å². The SMILES string of the molecule is Cc1cc(OC(=O)[C@H](Cc2ccccc2)N2C(=O)[C@@H]3[C@@H]4C=C[C@H]([C@H]5C[C@H]45)[C@@H]3C2=O)cc(C)c1Cl. The van der Waals surface area contributed by atoms with E-state index in [2.05, 4.69) is 12.2 Å². The highest BCUT2D eigenvalue weighted by Crippen LogP contribution is 2.65. The number of carbonyl (C=O) groups excluding carboxylic acids is 3. The fraction of sp³-hybridized carbons (Fsp3) is 0.393. The van der Waals surface area contributed by atoms with E-state index in [0.717, 1.165) is 23.1 Å². The lowest BCUT2D eigenvalue weighted by molar-refractivity contribution is -0.153. The Morgan fingerprint density at radius 3 is 2.12 bits per heavy atom. The zero-order valence-corrected chi connectivity index (χ0v) is 19.9. The van der Waals surface area contributed by atoms with Crippen LogP contribution in [0.2, 0.25) is 5.02 Å². The van der Waals surface area contributed by atoms with Gasteiger partial charge in [-0.3, -0.25) is 14.5 Å². The predicted octanol–water partition coefficient (Wildman–Crippen LogP) is 4.53. The monoisotopic (exact) mass is 475 g/mol. The minimum absolute atomic E-state index is 0.108. The molecule has 2 aromatic carbocycles. The maximum atomic E-state index is 13.7. The molecule has 34 heavy (non-hydrogen) atoms. The molecule has 174 valence electrons. The van der Waals surface area contributed by atoms with Crippen LogP contribution in [0.15, 0.2) is 54.6 Å². The summed E-state index contributed by atoms with van der Waals surface area (Å²) in [5.74, 6) is -0.151. The molecule has 5 aliphatic rings. The molecule has 3 fully saturated rings. The first kappa shape index (κ1) is 21.6. The molecule has 0 radical (unpaired) electrons. The topological polar surface area (TPSA) is 63.7 Å². The van der Waals surface area contributed by atoms with Crippen LogP contribution in [0, 0.1) is 49.4 Å². The standard InChI is InChI=1S/C28H26ClNO4/c1-14-10-17(11-15(2)25(14)29)34-28(33)22(12-16-6-4-3-5-7-16)30-26(31)23-18-8-9-19(21-13-20(18)21)24(23)27(30)32/h3-11,18-24H,12-13H2,1-2H3/t18-,19-,20-,21-,22+,23-,24+/m1/s1. The second-order valence-corrected chi connectivity index (χ2v) is 10.6. The first-order chi connectivity index (χ1) is 16.3. The smallest absolute Gasteiger partial charge is 0.335 e. The van der Waals surface area contributed by atoms with Crippen molar-refractivity contribution in [2.24, 2.45) is 35.5 Å². The van der Waals surface area contributed by atoms with Gasteiger partial charge in [0.25, 0.3) is 0 Å². The van der Waals surface area contributed by atoms with Gasteiger partial charge in [-0.1, -0.05) is 54.1 Å². The number of allylic oxidation sites excluding steroid dienone is 2. The van der Waals surface area contributed by atoms with Gasteiger partial charge in [-0.25, -0.2) is 4.79 Å². The fourth-order valence-electron chi connectivity index (χ4n) is 6.55. The van der Waals surface area contributed by atoms with E-state index in [-0.39, 0.29) is 41.9 Å². The molecule has 2 aromatic rings. The zero-order valence-electron chi connectivity index (χ0n) is 19.1. The molecule has 4 aliphatic carbocycles. The van der Waals surface area contributed by atoms with Crippen LogP contribution < -0.4 is 4.74 Å². The van der Waals surface area contributed by atoms with E-state index in [9.17, 15) is 14.4 Å². The van der Waals surface area contributed by atoms with Gasteiger partial charge in [0, 0.05) is 11.4 Å². The summed E-state index contributed by atoms with van der Waals surface area (Å²) in [5, 5.41) is 0.621. The van der Waals surface area contributed by atoms with Crippen LogP contribution >= 0.6 is 11.6 Å². The van der Waals surface area contributed by atoms with Gasteiger partial charge in [0.2, 0.25) is 11.8 Å². The van der Waals surface area contributed by atoms with Gasteiger partial charge < -0.3 is 4.74 Å². The average Bonchev–Trinajstić information content (AvgIpc) is 3.60. The molecule has 2 bridgehead atoms. The molecule has 6 heteroatoms. The maximum Gasteiger partial charge on any atom is 0.335 e. The highest BCUT2D eigenvalue weighted by atomic mass is 35.5. The first-order valence-electron chi connectivity index (χ1n) is 11.9. The van der Waals surface area contributed by atoms with Crippen molar-refractivity contribution in [2.45, 2.75) is 32.7 Å². The maximum absolute atomic E-state index is 13.7. The van der Waals surface area contributed by atoms with Gasteiger partial charge in [0.05, 0.1) is 11.8 Å². The Morgan fingerprint density at radius 1 is 1.00 bits per heavy atom. The van der Waals surface area contributed by atoms with E-state index in [1.165, 1.54) is 4.90 Å². The molecule has 7 atom stereocenters. The quantitative estimate of drug-likeness (QED) is 0.276. The molecule has 1 aliphatic heterocycles. The molecule has 0 spiro atoms. The fourth-order valence-corrected chi connectivity index (χ4v) is 6.66. The highest BCUT2D eigenvalue weighted by molar-refractivity contribution is 6.32. The van der Waals surface area contributed by atoms with Crippen molar-refractivity contribution in [1.82, 2.24) is 4.90 Å². The first-order valence-corrected chi connectivity index (χ1v) is 12.3. The van der Waals surface area contributed by atoms with Crippen molar-refractivity contribution in [2.75, 3.05) is 0 Å². The number of carbonyl (C=O) groups is 3. The minimum Gasteiger partial charge on any atom is -0.425 e. The largest absolute Gasteiger partial charge is 0.425 e. The highest BCUT2D eigenvalue weighted by Gasteiger charge is 2.68. The van der Waals surface area contributed by atoms with Crippen molar-refractivity contribution in [3.63, 3.8) is 0 Å². The van der Waals surface area contributed by atoms with Crippen LogP contribution in [-0.2, 0) is 20.8 Å². The molecule has 2 saturated carbocycles. The molecule has 1 saturated heterocycles. The second-order valence-electron chi connectivity index (χ2n) is 10.2. The van der Waals surface area contributed by atoms with E-state index < -0.39 is 12.0 Å². The summed E-state index contributed by atoms with van der Waals surface area (Å²) in [6, 6.07) is 11.9. The number of hydrogen-bond donors (Lipinski definition) is 0. The van der Waals surface area contributed by atoms with Gasteiger partial charge in [-0.15, -0.1) is 0 Å². The Bertz CT molecular complexity index is 1180. The summed E-state index contributed by atoms with van der Waals surface area (Å²) >= 11 is 6.27. The normalized spacial score (nSPS) is 31.3. The molecule has 5 nitrogen and oxygen atoms in total. The third-order valence-corrected chi connectivity index (χ3v) is 8.78. The van der Waals surface area contributed by atoms with E-state index in [4.69, 9.17) is 16.3 Å². The lowest BCUT2D eigenvalue weighted by atomic mass is 9.63. The molecule has 0 N–H and O–H groups in total. The Hall–Kier alpha value is -2.92. The summed E-state index contributed by atoms with van der Waals surface area (Å²) in [7, 11) is 0. The Kier molecular flexibility index (Phi) is 4.96. The summed E-state index contributed by atoms with van der Waals surface area (Å²) in [5.41, 5.74) is 2.46. The van der Waals surface area contributed by atoms with Gasteiger partial charge in [0.1, 0.15) is 11.8 Å². The van der Waals surface area contributed by atoms with Gasteiger partial charge in [-0.2, -0.15) is 0 Å². The number of imide groups is 1. The molecule has 0 aromatic heterocycles. The zero-order chi connectivity index (χ0) is 23.7. The third-order valence-electron chi connectivity index (χ3n) is 8.18. The van der Waals surface area contributed by atoms with E-state index in [1.54, 1.807) is 12.1 Å². The van der Waals surface area contributed by atoms with Crippen LogP contribution in [0.3, 0.4) is 0 Å². The number of esters is 1. The van der Waals surface area contributed by atoms with Crippen molar-refractivity contribution < 1.29 is 19.1 Å². The Balaban J connectivity index is 1.34. The lowest BCUT2D eigenvalue weighted by Gasteiger charge is -2.37. The Morgan fingerprint density at radius 2 is 1.56 bits per heavy atom. The van der Waals surface area contributed by atoms with Crippen LogP contribution in [0.1, 0.15) is 23.1 Å².